The molecule has 0 aromatic rings. The van der Waals surface area contributed by atoms with Crippen LogP contribution in [0.2, 0.25) is 0 Å². The summed E-state index contributed by atoms with van der Waals surface area (Å²) in [5, 5.41) is 19.9. The van der Waals surface area contributed by atoms with E-state index in [-0.39, 0.29) is 5.91 Å². The van der Waals surface area contributed by atoms with Crippen LogP contribution in [0.5, 0.6) is 0 Å². The number of hydrogen-bond acceptors (Lipinski definition) is 5. The molecule has 0 aromatic carbocycles. The predicted octanol–water partition coefficient (Wildman–Crippen LogP) is -0.212. The van der Waals surface area contributed by atoms with Crippen molar-refractivity contribution in [3.05, 3.63) is 0 Å². The second kappa shape index (κ2) is 10.7. The molecule has 2 amide bonds. The lowest BCUT2D eigenvalue weighted by molar-refractivity contribution is -0.148. The first-order valence-electron chi connectivity index (χ1n) is 8.58. The van der Waals surface area contributed by atoms with Crippen molar-refractivity contribution in [1.29, 1.82) is 0 Å². The molecule has 0 bridgehead atoms. The first-order valence-corrected chi connectivity index (χ1v) is 8.58. The molecule has 5 N–H and O–H groups in total. The first kappa shape index (κ1) is 20.9. The van der Waals surface area contributed by atoms with Crippen LogP contribution < -0.4 is 11.1 Å². The fourth-order valence-corrected chi connectivity index (χ4v) is 2.81. The summed E-state index contributed by atoms with van der Waals surface area (Å²) in [6.45, 7) is 1.52. The number of amides is 2. The summed E-state index contributed by atoms with van der Waals surface area (Å²) >= 11 is 0. The van der Waals surface area contributed by atoms with Crippen molar-refractivity contribution in [3.63, 3.8) is 0 Å². The van der Waals surface area contributed by atoms with Crippen LogP contribution in [0.3, 0.4) is 0 Å². The van der Waals surface area contributed by atoms with Crippen molar-refractivity contribution in [3.8, 4) is 0 Å². The van der Waals surface area contributed by atoms with Crippen LogP contribution in [0, 0.1) is 5.92 Å². The highest BCUT2D eigenvalue weighted by Gasteiger charge is 2.30. The SMILES string of the molecule is NCCCCCC(=O)N1CCC(C(=O)N[C@@H](CC(=O)O)C(=O)O)CC1. The van der Waals surface area contributed by atoms with Gasteiger partial charge in [-0.05, 0) is 32.2 Å². The van der Waals surface area contributed by atoms with Crippen molar-refractivity contribution in [1.82, 2.24) is 10.2 Å². The molecule has 1 saturated heterocycles. The molecule has 0 unspecified atom stereocenters. The zero-order chi connectivity index (χ0) is 18.8. The van der Waals surface area contributed by atoms with Crippen LogP contribution in [0.4, 0.5) is 0 Å². The Morgan fingerprint density at radius 3 is 2.24 bits per heavy atom. The zero-order valence-corrected chi connectivity index (χ0v) is 14.3. The van der Waals surface area contributed by atoms with Gasteiger partial charge in [0.25, 0.3) is 0 Å². The number of likely N-dealkylation sites (tertiary alicyclic amines) is 1. The molecule has 0 aliphatic carbocycles. The minimum absolute atomic E-state index is 0.0603. The number of nitrogens with zero attached hydrogens (tertiary/aromatic N) is 1. The minimum atomic E-state index is -1.44. The Bertz CT molecular complexity index is 488. The topological polar surface area (TPSA) is 150 Å². The van der Waals surface area contributed by atoms with E-state index < -0.39 is 36.2 Å². The summed E-state index contributed by atoms with van der Waals surface area (Å²) < 4.78 is 0. The van der Waals surface area contributed by atoms with E-state index in [1.165, 1.54) is 0 Å². The molecule has 1 fully saturated rings. The van der Waals surface area contributed by atoms with Gasteiger partial charge in [-0.15, -0.1) is 0 Å². The van der Waals surface area contributed by atoms with Gasteiger partial charge in [0.2, 0.25) is 11.8 Å². The molecule has 1 aliphatic heterocycles. The molecule has 0 radical (unpaired) electrons. The molecule has 1 rings (SSSR count). The quantitative estimate of drug-likeness (QED) is 0.395. The van der Waals surface area contributed by atoms with E-state index in [0.29, 0.717) is 38.9 Å². The lowest BCUT2D eigenvalue weighted by Gasteiger charge is -2.32. The number of unbranched alkanes of at least 4 members (excludes halogenated alkanes) is 2. The summed E-state index contributed by atoms with van der Waals surface area (Å²) in [5.74, 6) is -3.48. The van der Waals surface area contributed by atoms with Gasteiger partial charge < -0.3 is 26.2 Å². The average Bonchev–Trinajstić information content (AvgIpc) is 2.57. The van der Waals surface area contributed by atoms with Crippen LogP contribution >= 0.6 is 0 Å². The highest BCUT2D eigenvalue weighted by Crippen LogP contribution is 2.19. The van der Waals surface area contributed by atoms with Gasteiger partial charge in [-0.3, -0.25) is 14.4 Å². The Morgan fingerprint density at radius 2 is 1.72 bits per heavy atom. The number of piperidine rings is 1. The minimum Gasteiger partial charge on any atom is -0.481 e. The molecule has 142 valence electrons. The van der Waals surface area contributed by atoms with E-state index in [0.717, 1.165) is 19.3 Å². The highest BCUT2D eigenvalue weighted by molar-refractivity contribution is 5.88. The standard InChI is InChI=1S/C16H27N3O6/c17-7-3-1-2-4-13(20)19-8-5-11(6-9-19)15(23)18-12(16(24)25)10-14(21)22/h11-12H,1-10,17H2,(H,18,23)(H,21,22)(H,24,25)/t12-/m0/s1. The molecule has 0 aromatic heterocycles. The molecule has 0 saturated carbocycles. The third-order valence-electron chi connectivity index (χ3n) is 4.31. The number of carboxylic acids is 2. The smallest absolute Gasteiger partial charge is 0.326 e. The van der Waals surface area contributed by atoms with Crippen molar-refractivity contribution in [2.75, 3.05) is 19.6 Å². The second-order valence-corrected chi connectivity index (χ2v) is 6.25. The van der Waals surface area contributed by atoms with E-state index in [1.807, 2.05) is 0 Å². The molecular formula is C16H27N3O6. The Balaban J connectivity index is 2.39. The lowest BCUT2D eigenvalue weighted by Crippen LogP contribution is -2.48. The molecule has 25 heavy (non-hydrogen) atoms. The Labute approximate surface area is 146 Å². The van der Waals surface area contributed by atoms with Crippen molar-refractivity contribution >= 4 is 23.8 Å². The van der Waals surface area contributed by atoms with Crippen LogP contribution in [0.15, 0.2) is 0 Å². The van der Waals surface area contributed by atoms with Gasteiger partial charge in [-0.25, -0.2) is 4.79 Å². The summed E-state index contributed by atoms with van der Waals surface area (Å²) in [6, 6.07) is -1.44. The normalized spacial score (nSPS) is 16.3. The van der Waals surface area contributed by atoms with E-state index in [9.17, 15) is 19.2 Å². The number of hydrogen-bond donors (Lipinski definition) is 4. The molecule has 1 aliphatic rings. The maximum absolute atomic E-state index is 12.1. The zero-order valence-electron chi connectivity index (χ0n) is 14.3. The first-order chi connectivity index (χ1) is 11.8. The molecule has 1 atom stereocenters. The maximum Gasteiger partial charge on any atom is 0.326 e. The Morgan fingerprint density at radius 1 is 1.08 bits per heavy atom. The Kier molecular flexibility index (Phi) is 8.90. The predicted molar refractivity (Wildman–Crippen MR) is 88.6 cm³/mol. The molecule has 1 heterocycles. The van der Waals surface area contributed by atoms with Gasteiger partial charge in [0, 0.05) is 25.4 Å². The highest BCUT2D eigenvalue weighted by atomic mass is 16.4. The number of aliphatic carboxylic acids is 2. The van der Waals surface area contributed by atoms with Crippen molar-refractivity contribution < 1.29 is 29.4 Å². The number of nitrogens with two attached hydrogens (primary N) is 1. The summed E-state index contributed by atoms with van der Waals surface area (Å²) in [4.78, 5) is 47.6. The van der Waals surface area contributed by atoms with Crippen molar-refractivity contribution in [2.24, 2.45) is 11.7 Å². The van der Waals surface area contributed by atoms with Gasteiger partial charge in [0.05, 0.1) is 6.42 Å². The molecule has 9 heteroatoms. The molecule has 0 spiro atoms. The number of carboxylic acid groups (broad SMARTS) is 2. The third kappa shape index (κ3) is 7.51. The van der Waals surface area contributed by atoms with E-state index in [4.69, 9.17) is 15.9 Å². The van der Waals surface area contributed by atoms with Crippen LogP contribution in [0.25, 0.3) is 0 Å². The number of carbonyl (C=O) groups excluding carboxylic acids is 2. The summed E-state index contributed by atoms with van der Waals surface area (Å²) in [6.07, 6.45) is 3.31. The largest absolute Gasteiger partial charge is 0.481 e. The molecular weight excluding hydrogens is 330 g/mol. The van der Waals surface area contributed by atoms with Crippen LogP contribution in [-0.2, 0) is 19.2 Å². The number of nitrogens with one attached hydrogen (secondary N) is 1. The van der Waals surface area contributed by atoms with Gasteiger partial charge in [0.15, 0.2) is 0 Å². The van der Waals surface area contributed by atoms with Gasteiger partial charge in [0.1, 0.15) is 6.04 Å². The third-order valence-corrected chi connectivity index (χ3v) is 4.31. The van der Waals surface area contributed by atoms with Crippen molar-refractivity contribution in [2.45, 2.75) is 51.0 Å². The maximum atomic E-state index is 12.1. The Hall–Kier alpha value is -2.16. The van der Waals surface area contributed by atoms with Gasteiger partial charge in [-0.1, -0.05) is 6.42 Å². The van der Waals surface area contributed by atoms with Crippen LogP contribution in [-0.4, -0.2) is 64.5 Å². The second-order valence-electron chi connectivity index (χ2n) is 6.25. The van der Waals surface area contributed by atoms with Gasteiger partial charge >= 0.3 is 11.9 Å². The van der Waals surface area contributed by atoms with E-state index >= 15 is 0 Å². The summed E-state index contributed by atoms with van der Waals surface area (Å²) in [5.41, 5.74) is 5.41. The molecule has 9 nitrogen and oxygen atoms in total. The lowest BCUT2D eigenvalue weighted by atomic mass is 9.95. The van der Waals surface area contributed by atoms with Crippen LogP contribution in [0.1, 0.15) is 44.9 Å². The van der Waals surface area contributed by atoms with E-state index in [1.54, 1.807) is 4.90 Å². The number of rotatable bonds is 10. The van der Waals surface area contributed by atoms with Gasteiger partial charge in [-0.2, -0.15) is 0 Å². The fourth-order valence-electron chi connectivity index (χ4n) is 2.81. The summed E-state index contributed by atoms with van der Waals surface area (Å²) in [7, 11) is 0. The number of carbonyl (C=O) groups is 4. The monoisotopic (exact) mass is 357 g/mol. The van der Waals surface area contributed by atoms with E-state index in [2.05, 4.69) is 5.32 Å². The average molecular weight is 357 g/mol. The fraction of sp³-hybridized carbons (Fsp3) is 0.750.